The lowest BCUT2D eigenvalue weighted by atomic mass is 9.85. The van der Waals surface area contributed by atoms with Gasteiger partial charge in [0.1, 0.15) is 11.4 Å². The Morgan fingerprint density at radius 1 is 1.05 bits per heavy atom. The number of carbonyl (C=O) groups excluding carboxylic acids is 1. The van der Waals surface area contributed by atoms with Crippen LogP contribution in [0.5, 0.6) is 0 Å². The summed E-state index contributed by atoms with van der Waals surface area (Å²) >= 11 is 0. The van der Waals surface area contributed by atoms with Gasteiger partial charge in [-0.2, -0.15) is 13.2 Å². The van der Waals surface area contributed by atoms with Crippen molar-refractivity contribution in [2.24, 2.45) is 5.73 Å². The number of piperidine rings is 1. The van der Waals surface area contributed by atoms with Crippen LogP contribution in [0.3, 0.4) is 0 Å². The molecule has 0 aliphatic carbocycles. The Hall–Kier alpha value is -3.77. The van der Waals surface area contributed by atoms with E-state index in [0.717, 1.165) is 27.3 Å². The summed E-state index contributed by atoms with van der Waals surface area (Å²) in [4.78, 5) is 41.2. The molecule has 1 spiro atoms. The molecule has 12 heteroatoms. The molecule has 1 saturated heterocycles. The van der Waals surface area contributed by atoms with Crippen molar-refractivity contribution in [3.63, 3.8) is 0 Å². The van der Waals surface area contributed by atoms with Crippen molar-refractivity contribution in [2.45, 2.75) is 57.3 Å². The predicted molar refractivity (Wildman–Crippen MR) is 137 cm³/mol. The molecule has 2 aliphatic heterocycles. The van der Waals surface area contributed by atoms with Gasteiger partial charge >= 0.3 is 11.9 Å². The lowest BCUT2D eigenvalue weighted by Gasteiger charge is -2.38. The lowest BCUT2D eigenvalue weighted by molar-refractivity contribution is -0.138. The molecular formula is C28H28F4N4O4. The fourth-order valence-corrected chi connectivity index (χ4v) is 5.67. The van der Waals surface area contributed by atoms with E-state index in [1.807, 2.05) is 0 Å². The number of hydrogen-bond acceptors (Lipinski definition) is 5. The van der Waals surface area contributed by atoms with Gasteiger partial charge in [-0.1, -0.05) is 36.4 Å². The zero-order valence-electron chi connectivity index (χ0n) is 21.7. The maximum Gasteiger partial charge on any atom is 0.416 e. The van der Waals surface area contributed by atoms with Crippen LogP contribution in [0, 0.1) is 5.82 Å². The minimum Gasteiger partial charge on any atom is -0.364 e. The highest BCUT2D eigenvalue weighted by atomic mass is 19.4. The van der Waals surface area contributed by atoms with Crippen molar-refractivity contribution in [2.75, 3.05) is 13.1 Å². The summed E-state index contributed by atoms with van der Waals surface area (Å²) in [6.45, 7) is 0.784. The van der Waals surface area contributed by atoms with Crippen molar-refractivity contribution in [3.8, 4) is 0 Å². The molecule has 1 fully saturated rings. The standard InChI is InChI=1S/C28H28F4N4O4/c1-17(37)34-12-10-27(11-13-34)24-23(16-40-27)35(14-19-20(28(30,31)32)8-5-9-21(19)29)26(39)36(25(24)38)15-22(33)18-6-3-2-4-7-18/h2-9,22H,10-16,33H2,1H3. The van der Waals surface area contributed by atoms with Gasteiger partial charge in [-0.05, 0) is 30.5 Å². The van der Waals surface area contributed by atoms with Crippen LogP contribution < -0.4 is 17.0 Å². The number of likely N-dealkylation sites (tertiary alicyclic amines) is 1. The van der Waals surface area contributed by atoms with Crippen molar-refractivity contribution < 1.29 is 27.1 Å². The van der Waals surface area contributed by atoms with E-state index in [2.05, 4.69) is 0 Å². The van der Waals surface area contributed by atoms with Crippen LogP contribution in [-0.2, 0) is 41.0 Å². The molecular weight excluding hydrogens is 532 g/mol. The SMILES string of the molecule is CC(=O)N1CCC2(CC1)OCc1c2c(=O)n(CC(N)c2ccccc2)c(=O)n1Cc1c(F)cccc1C(F)(F)F. The first-order valence-electron chi connectivity index (χ1n) is 12.8. The van der Waals surface area contributed by atoms with Crippen molar-refractivity contribution >= 4 is 5.91 Å². The second-order valence-corrected chi connectivity index (χ2v) is 10.2. The third-order valence-corrected chi connectivity index (χ3v) is 7.84. The number of aromatic nitrogens is 2. The van der Waals surface area contributed by atoms with E-state index in [1.165, 1.54) is 6.92 Å². The zero-order valence-corrected chi connectivity index (χ0v) is 21.7. The molecule has 40 heavy (non-hydrogen) atoms. The Morgan fingerprint density at radius 2 is 1.73 bits per heavy atom. The maximum atomic E-state index is 14.9. The van der Waals surface area contributed by atoms with E-state index in [1.54, 1.807) is 35.2 Å². The number of nitrogens with two attached hydrogens (primary N) is 1. The number of amides is 1. The monoisotopic (exact) mass is 560 g/mol. The second-order valence-electron chi connectivity index (χ2n) is 10.2. The molecule has 2 aromatic carbocycles. The first-order chi connectivity index (χ1) is 18.9. The molecule has 0 saturated carbocycles. The first kappa shape index (κ1) is 27.8. The van der Waals surface area contributed by atoms with E-state index in [4.69, 9.17) is 10.5 Å². The summed E-state index contributed by atoms with van der Waals surface area (Å²) in [5.74, 6) is -1.26. The molecule has 1 amide bonds. The number of alkyl halides is 3. The summed E-state index contributed by atoms with van der Waals surface area (Å²) in [6, 6.07) is 10.6. The van der Waals surface area contributed by atoms with Crippen LogP contribution >= 0.6 is 0 Å². The van der Waals surface area contributed by atoms with Gasteiger partial charge in [-0.25, -0.2) is 9.18 Å². The number of rotatable bonds is 5. The van der Waals surface area contributed by atoms with Gasteiger partial charge in [0.15, 0.2) is 0 Å². The number of nitrogens with zero attached hydrogens (tertiary/aromatic N) is 3. The normalized spacial score (nSPS) is 17.2. The van der Waals surface area contributed by atoms with E-state index in [-0.39, 0.29) is 43.2 Å². The van der Waals surface area contributed by atoms with Crippen LogP contribution in [0.25, 0.3) is 0 Å². The molecule has 1 atom stereocenters. The minimum atomic E-state index is -4.87. The molecule has 2 N–H and O–H groups in total. The topological polar surface area (TPSA) is 99.6 Å². The molecule has 0 bridgehead atoms. The molecule has 1 unspecified atom stereocenters. The highest BCUT2D eigenvalue weighted by molar-refractivity contribution is 5.73. The van der Waals surface area contributed by atoms with Crippen LogP contribution in [0.1, 0.15) is 53.8 Å². The smallest absolute Gasteiger partial charge is 0.364 e. The van der Waals surface area contributed by atoms with E-state index in [9.17, 15) is 31.9 Å². The summed E-state index contributed by atoms with van der Waals surface area (Å²) in [6.07, 6.45) is -4.36. The molecule has 5 rings (SSSR count). The Morgan fingerprint density at radius 3 is 2.35 bits per heavy atom. The number of halogens is 4. The van der Waals surface area contributed by atoms with E-state index < -0.39 is 52.6 Å². The number of fused-ring (bicyclic) bond motifs is 2. The van der Waals surface area contributed by atoms with Crippen LogP contribution in [0.4, 0.5) is 17.6 Å². The van der Waals surface area contributed by atoms with Crippen LogP contribution in [0.15, 0.2) is 58.1 Å². The van der Waals surface area contributed by atoms with Gasteiger partial charge in [0, 0.05) is 31.6 Å². The third-order valence-electron chi connectivity index (χ3n) is 7.84. The molecule has 1 aromatic heterocycles. The van der Waals surface area contributed by atoms with Crippen LogP contribution in [-0.4, -0.2) is 33.0 Å². The highest BCUT2D eigenvalue weighted by Gasteiger charge is 2.47. The Labute approximate surface area is 226 Å². The summed E-state index contributed by atoms with van der Waals surface area (Å²) in [7, 11) is 0. The minimum absolute atomic E-state index is 0.104. The largest absolute Gasteiger partial charge is 0.416 e. The van der Waals surface area contributed by atoms with Gasteiger partial charge in [0.05, 0.1) is 36.5 Å². The van der Waals surface area contributed by atoms with E-state index >= 15 is 0 Å². The number of ether oxygens (including phenoxy) is 1. The molecule has 3 aromatic rings. The van der Waals surface area contributed by atoms with Gasteiger partial charge in [-0.3, -0.25) is 18.7 Å². The van der Waals surface area contributed by atoms with Crippen molar-refractivity contribution in [1.82, 2.24) is 14.0 Å². The Balaban J connectivity index is 1.67. The van der Waals surface area contributed by atoms with Crippen molar-refractivity contribution in [3.05, 3.63) is 103 Å². The van der Waals surface area contributed by atoms with Gasteiger partial charge in [0.2, 0.25) is 5.91 Å². The number of carbonyl (C=O) groups is 1. The Bertz CT molecular complexity index is 1560. The third kappa shape index (κ3) is 4.86. The second kappa shape index (κ2) is 10.3. The average molecular weight is 561 g/mol. The average Bonchev–Trinajstić information content (AvgIpc) is 3.28. The van der Waals surface area contributed by atoms with Crippen LogP contribution in [0.2, 0.25) is 0 Å². The molecule has 2 aliphatic rings. The number of hydrogen-bond donors (Lipinski definition) is 1. The molecule has 0 radical (unpaired) electrons. The molecule has 3 heterocycles. The molecule has 212 valence electrons. The summed E-state index contributed by atoms with van der Waals surface area (Å²) < 4.78 is 64.3. The van der Waals surface area contributed by atoms with Gasteiger partial charge in [0.25, 0.3) is 5.56 Å². The first-order valence-corrected chi connectivity index (χ1v) is 12.8. The fraction of sp³-hybridized carbons (Fsp3) is 0.393. The molecule has 8 nitrogen and oxygen atoms in total. The number of benzene rings is 2. The highest BCUT2D eigenvalue weighted by Crippen LogP contribution is 2.42. The van der Waals surface area contributed by atoms with Gasteiger partial charge < -0.3 is 15.4 Å². The van der Waals surface area contributed by atoms with E-state index in [0.29, 0.717) is 18.7 Å². The quantitative estimate of drug-likeness (QED) is 0.483. The van der Waals surface area contributed by atoms with Gasteiger partial charge in [-0.15, -0.1) is 0 Å². The maximum absolute atomic E-state index is 14.9. The lowest BCUT2D eigenvalue weighted by Crippen LogP contribution is -2.50. The summed E-state index contributed by atoms with van der Waals surface area (Å²) in [5.41, 5.74) is 2.60. The zero-order chi connectivity index (χ0) is 28.8. The summed E-state index contributed by atoms with van der Waals surface area (Å²) in [5, 5.41) is 0. The predicted octanol–water partition coefficient (Wildman–Crippen LogP) is 3.28. The van der Waals surface area contributed by atoms with Crippen molar-refractivity contribution in [1.29, 1.82) is 0 Å². The Kier molecular flexibility index (Phi) is 7.17. The fourth-order valence-electron chi connectivity index (χ4n) is 5.67.